The number of halogens is 1. The second-order valence-electron chi connectivity index (χ2n) is 9.89. The molecule has 2 amide bonds. The zero-order chi connectivity index (χ0) is 33.2. The smallest absolute Gasteiger partial charge is 0.283 e. The minimum Gasteiger partial charge on any atom is -0.322 e. The van der Waals surface area contributed by atoms with E-state index in [9.17, 15) is 29.8 Å². The van der Waals surface area contributed by atoms with Crippen LogP contribution in [0.1, 0.15) is 21.5 Å². The molecule has 0 saturated carbocycles. The van der Waals surface area contributed by atoms with Crippen molar-refractivity contribution in [2.24, 2.45) is 4.99 Å². The molecule has 0 spiro atoms. The third kappa shape index (κ3) is 7.18. The number of nitro benzene ring substituents is 2. The molecule has 234 valence electrons. The van der Waals surface area contributed by atoms with Crippen molar-refractivity contribution in [1.82, 2.24) is 10.3 Å². The fraction of sp³-hybridized carbons (Fsp3) is 0.0323. The molecule has 2 heterocycles. The van der Waals surface area contributed by atoms with Crippen LogP contribution in [0.4, 0.5) is 22.7 Å². The number of amidine groups is 1. The van der Waals surface area contributed by atoms with Gasteiger partial charge in [-0.25, -0.2) is 9.98 Å². The van der Waals surface area contributed by atoms with Gasteiger partial charge in [0.2, 0.25) is 0 Å². The molecule has 2 N–H and O–H groups in total. The van der Waals surface area contributed by atoms with Gasteiger partial charge in [-0.05, 0) is 72.8 Å². The maximum atomic E-state index is 12.7. The first-order valence-electron chi connectivity index (χ1n) is 13.5. The van der Waals surface area contributed by atoms with Crippen molar-refractivity contribution in [3.8, 4) is 0 Å². The van der Waals surface area contributed by atoms with E-state index >= 15 is 0 Å². The molecule has 0 atom stereocenters. The largest absolute Gasteiger partial charge is 0.322 e. The number of thioether (sulfide) groups is 1. The number of fused-ring (bicyclic) bond motifs is 1. The number of nitrogens with one attached hydrogen (secondary N) is 2. The van der Waals surface area contributed by atoms with E-state index in [1.165, 1.54) is 29.5 Å². The predicted octanol–water partition coefficient (Wildman–Crippen LogP) is 8.37. The third-order valence-electron chi connectivity index (χ3n) is 6.69. The van der Waals surface area contributed by atoms with Crippen LogP contribution < -0.4 is 10.6 Å². The van der Waals surface area contributed by atoms with E-state index in [0.29, 0.717) is 47.8 Å². The predicted molar refractivity (Wildman–Crippen MR) is 185 cm³/mol. The van der Waals surface area contributed by atoms with E-state index in [1.807, 2.05) is 0 Å². The van der Waals surface area contributed by atoms with Crippen LogP contribution in [0, 0.1) is 27.2 Å². The third-order valence-corrected chi connectivity index (χ3v) is 10.1. The summed E-state index contributed by atoms with van der Waals surface area (Å²) in [7, 11) is 0. The number of carbonyl (C=O) groups is 2. The molecule has 16 heteroatoms. The van der Waals surface area contributed by atoms with Crippen LogP contribution in [0.3, 0.4) is 0 Å². The highest BCUT2D eigenvalue weighted by Crippen LogP contribution is 2.40. The van der Waals surface area contributed by atoms with Crippen molar-refractivity contribution in [3.05, 3.63) is 126 Å². The van der Waals surface area contributed by atoms with Gasteiger partial charge in [0.15, 0.2) is 9.51 Å². The summed E-state index contributed by atoms with van der Waals surface area (Å²) in [4.78, 5) is 57.1. The molecular weight excluding hydrogens is 684 g/mol. The van der Waals surface area contributed by atoms with Gasteiger partial charge in [-0.2, -0.15) is 0 Å². The van der Waals surface area contributed by atoms with Crippen LogP contribution in [0.25, 0.3) is 16.3 Å². The van der Waals surface area contributed by atoms with E-state index in [2.05, 4.69) is 20.6 Å². The van der Waals surface area contributed by atoms with Crippen molar-refractivity contribution in [2.45, 2.75) is 16.2 Å². The lowest BCUT2D eigenvalue weighted by Gasteiger charge is -2.06. The second kappa shape index (κ2) is 13.3. The fourth-order valence-electron chi connectivity index (χ4n) is 4.43. The summed E-state index contributed by atoms with van der Waals surface area (Å²) in [5.41, 5.74) is 2.52. The van der Waals surface area contributed by atoms with Crippen LogP contribution >= 0.6 is 46.5 Å². The summed E-state index contributed by atoms with van der Waals surface area (Å²) in [6, 6.07) is 21.1. The van der Waals surface area contributed by atoms with Gasteiger partial charge >= 0.3 is 0 Å². The molecule has 1 aliphatic heterocycles. The van der Waals surface area contributed by atoms with Gasteiger partial charge in [0, 0.05) is 23.4 Å². The molecule has 1 saturated heterocycles. The van der Waals surface area contributed by atoms with Crippen molar-refractivity contribution in [2.75, 3.05) is 5.32 Å². The minimum atomic E-state index is -0.502. The molecular formula is C31H19ClN6O6S3. The van der Waals surface area contributed by atoms with Gasteiger partial charge in [-0.1, -0.05) is 47.6 Å². The Balaban J connectivity index is 1.19. The molecule has 0 radical (unpaired) electrons. The summed E-state index contributed by atoms with van der Waals surface area (Å²) in [5, 5.41) is 29.3. The lowest BCUT2D eigenvalue weighted by molar-refractivity contribution is -0.387. The number of aromatic nitrogens is 1. The van der Waals surface area contributed by atoms with Gasteiger partial charge in [0.05, 0.1) is 46.1 Å². The Morgan fingerprint density at radius 2 is 1.81 bits per heavy atom. The summed E-state index contributed by atoms with van der Waals surface area (Å²) in [6.45, 7) is 1.62. The number of nitro groups is 2. The Bertz CT molecular complexity index is 2200. The SMILES string of the molecule is Cc1ccc(N=C2NC(=O)/C(=C/c3ccc(Sc4nc5ccc(NC(=O)c6ccccc6Cl)cc5s4)c([N+](=O)[O-])c3)S2)cc1[N+](=O)[O-]. The van der Waals surface area contributed by atoms with Crippen molar-refractivity contribution in [3.63, 3.8) is 0 Å². The van der Waals surface area contributed by atoms with E-state index in [4.69, 9.17) is 11.6 Å². The highest BCUT2D eigenvalue weighted by molar-refractivity contribution is 8.18. The number of nitrogens with zero attached hydrogens (tertiary/aromatic N) is 4. The highest BCUT2D eigenvalue weighted by atomic mass is 35.5. The molecule has 1 aromatic heterocycles. The molecule has 12 nitrogen and oxygen atoms in total. The maximum Gasteiger partial charge on any atom is 0.283 e. The van der Waals surface area contributed by atoms with Crippen molar-refractivity contribution >= 4 is 102 Å². The molecule has 5 aromatic rings. The number of thiazole rings is 1. The quantitative estimate of drug-likeness (QED) is 0.0916. The first-order valence-corrected chi connectivity index (χ1v) is 16.3. The van der Waals surface area contributed by atoms with Crippen molar-refractivity contribution < 1.29 is 19.4 Å². The van der Waals surface area contributed by atoms with Crippen LogP contribution in [-0.4, -0.2) is 31.8 Å². The van der Waals surface area contributed by atoms with Gasteiger partial charge in [-0.15, -0.1) is 11.3 Å². The average Bonchev–Trinajstić information content (AvgIpc) is 3.59. The fourth-order valence-corrected chi connectivity index (χ4v) is 7.64. The number of benzene rings is 4. The number of carbonyl (C=O) groups excluding carboxylic acids is 2. The Hall–Kier alpha value is -5.09. The Kier molecular flexibility index (Phi) is 9.04. The average molecular weight is 703 g/mol. The Morgan fingerprint density at radius 3 is 2.57 bits per heavy atom. The van der Waals surface area contributed by atoms with Gasteiger partial charge < -0.3 is 10.6 Å². The zero-order valence-corrected chi connectivity index (χ0v) is 27.1. The normalized spacial score (nSPS) is 14.5. The van der Waals surface area contributed by atoms with Crippen LogP contribution in [0.15, 0.2) is 98.0 Å². The lowest BCUT2D eigenvalue weighted by Crippen LogP contribution is -2.19. The lowest BCUT2D eigenvalue weighted by atomic mass is 10.2. The zero-order valence-electron chi connectivity index (χ0n) is 23.9. The number of aliphatic imine (C=N–C) groups is 1. The monoisotopic (exact) mass is 702 g/mol. The standard InChI is InChI=1S/C31H19ClN6O6S3/c1-16-6-8-18(14-23(16)37(41)42)34-30-36-29(40)27(45-30)13-17-7-11-25(24(12-17)38(43)44)46-31-35-22-10-9-19(15-26(22)47-31)33-28(39)20-4-2-3-5-21(20)32/h2-15H,1H3,(H,33,39)(H,34,36,40)/b27-13-. The molecule has 6 rings (SSSR count). The summed E-state index contributed by atoms with van der Waals surface area (Å²) in [5.74, 6) is -0.803. The number of aryl methyl sites for hydroxylation is 1. The highest BCUT2D eigenvalue weighted by Gasteiger charge is 2.25. The number of anilines is 1. The number of rotatable bonds is 8. The summed E-state index contributed by atoms with van der Waals surface area (Å²) in [6.07, 6.45) is 1.51. The molecule has 0 bridgehead atoms. The molecule has 0 aliphatic carbocycles. The van der Waals surface area contributed by atoms with E-state index in [1.54, 1.807) is 73.7 Å². The topological polar surface area (TPSA) is 170 Å². The maximum absolute atomic E-state index is 12.7. The number of amides is 2. The molecule has 0 unspecified atom stereocenters. The number of hydrogen-bond donors (Lipinski definition) is 2. The van der Waals surface area contributed by atoms with E-state index in [-0.39, 0.29) is 27.4 Å². The molecule has 47 heavy (non-hydrogen) atoms. The Labute approximate surface area is 283 Å². The van der Waals surface area contributed by atoms with Crippen molar-refractivity contribution in [1.29, 1.82) is 0 Å². The first kappa shape index (κ1) is 31.9. The second-order valence-corrected chi connectivity index (χ2v) is 13.6. The van der Waals surface area contributed by atoms with E-state index in [0.717, 1.165) is 28.2 Å². The summed E-state index contributed by atoms with van der Waals surface area (Å²) >= 11 is 9.61. The molecule has 4 aromatic carbocycles. The summed E-state index contributed by atoms with van der Waals surface area (Å²) < 4.78 is 1.34. The first-order chi connectivity index (χ1) is 22.5. The molecule has 1 aliphatic rings. The van der Waals surface area contributed by atoms with Crippen LogP contribution in [-0.2, 0) is 4.79 Å². The van der Waals surface area contributed by atoms with Gasteiger partial charge in [-0.3, -0.25) is 29.8 Å². The van der Waals surface area contributed by atoms with E-state index < -0.39 is 15.8 Å². The van der Waals surface area contributed by atoms with Crippen LogP contribution in [0.5, 0.6) is 0 Å². The van der Waals surface area contributed by atoms with Crippen LogP contribution in [0.2, 0.25) is 5.02 Å². The minimum absolute atomic E-state index is 0.0871. The van der Waals surface area contributed by atoms with Gasteiger partial charge in [0.1, 0.15) is 0 Å². The van der Waals surface area contributed by atoms with Gasteiger partial charge in [0.25, 0.3) is 23.2 Å². The molecule has 1 fully saturated rings. The Morgan fingerprint density at radius 1 is 1.02 bits per heavy atom. The number of hydrogen-bond acceptors (Lipinski definition) is 11.